The van der Waals surface area contributed by atoms with E-state index in [-0.39, 0.29) is 22.7 Å². The highest BCUT2D eigenvalue weighted by atomic mass is 16.2. The summed E-state index contributed by atoms with van der Waals surface area (Å²) in [6.45, 7) is 12.0. The lowest BCUT2D eigenvalue weighted by Crippen LogP contribution is -2.36. The number of ketones is 1. The van der Waals surface area contributed by atoms with E-state index in [4.69, 9.17) is 0 Å². The predicted molar refractivity (Wildman–Crippen MR) is 75.7 cm³/mol. The molecule has 2 aliphatic carbocycles. The van der Waals surface area contributed by atoms with E-state index in [1.807, 2.05) is 18.7 Å². The van der Waals surface area contributed by atoms with Crippen LogP contribution in [-0.4, -0.2) is 29.7 Å². The topological polar surface area (TPSA) is 37.4 Å². The van der Waals surface area contributed by atoms with Crippen molar-refractivity contribution in [1.29, 1.82) is 0 Å². The van der Waals surface area contributed by atoms with Crippen LogP contribution < -0.4 is 0 Å². The van der Waals surface area contributed by atoms with Crippen LogP contribution in [0.5, 0.6) is 0 Å². The van der Waals surface area contributed by atoms with Crippen LogP contribution in [0.1, 0.15) is 53.9 Å². The minimum atomic E-state index is -0.203. The molecule has 3 nitrogen and oxygen atoms in total. The van der Waals surface area contributed by atoms with Crippen molar-refractivity contribution in [2.45, 2.75) is 53.9 Å². The zero-order valence-corrected chi connectivity index (χ0v) is 13.0. The van der Waals surface area contributed by atoms with Gasteiger partial charge >= 0.3 is 0 Å². The fourth-order valence-electron chi connectivity index (χ4n) is 4.40. The summed E-state index contributed by atoms with van der Waals surface area (Å²) in [7, 11) is 0. The van der Waals surface area contributed by atoms with Gasteiger partial charge in [0, 0.05) is 30.8 Å². The number of amides is 1. The summed E-state index contributed by atoms with van der Waals surface area (Å²) < 4.78 is 0. The molecule has 2 fully saturated rings. The summed E-state index contributed by atoms with van der Waals surface area (Å²) in [5.41, 5.74) is -0.149. The maximum atomic E-state index is 12.7. The lowest BCUT2D eigenvalue weighted by atomic mass is 9.70. The number of nitrogens with zero attached hydrogens (tertiary/aromatic N) is 1. The van der Waals surface area contributed by atoms with Crippen molar-refractivity contribution in [2.75, 3.05) is 13.1 Å². The van der Waals surface area contributed by atoms with Crippen LogP contribution in [0.4, 0.5) is 0 Å². The third-order valence-electron chi connectivity index (χ3n) is 6.18. The van der Waals surface area contributed by atoms with Gasteiger partial charge in [0.25, 0.3) is 0 Å². The molecule has 3 atom stereocenters. The van der Waals surface area contributed by atoms with Gasteiger partial charge in [-0.05, 0) is 38.0 Å². The highest BCUT2D eigenvalue weighted by molar-refractivity contribution is 5.94. The maximum absolute atomic E-state index is 12.7. The first-order chi connectivity index (χ1) is 8.79. The number of carbonyl (C=O) groups is 2. The standard InChI is InChI=1S/C16H27NO2/c1-6-17(7-2)13(18)10-11-12-8-9-16(5,14(11)19)15(12,3)4/h11-12H,6-10H2,1-5H3/t11-,12+,16-/m0/s1. The van der Waals surface area contributed by atoms with E-state index >= 15 is 0 Å². The number of fused-ring (bicyclic) bond motifs is 2. The van der Waals surface area contributed by atoms with Crippen LogP contribution in [0.25, 0.3) is 0 Å². The second-order valence-electron chi connectivity index (χ2n) is 6.94. The summed E-state index contributed by atoms with van der Waals surface area (Å²) in [5, 5.41) is 0. The maximum Gasteiger partial charge on any atom is 0.223 e. The van der Waals surface area contributed by atoms with Crippen LogP contribution in [0.3, 0.4) is 0 Å². The summed E-state index contributed by atoms with van der Waals surface area (Å²) in [4.78, 5) is 26.8. The van der Waals surface area contributed by atoms with Gasteiger partial charge in [0.2, 0.25) is 5.91 Å². The number of Topliss-reactive ketones (excluding diaryl/α,β-unsaturated/α-hetero) is 1. The Hall–Kier alpha value is -0.860. The number of hydrogen-bond acceptors (Lipinski definition) is 2. The normalized spacial score (nSPS) is 35.7. The smallest absolute Gasteiger partial charge is 0.223 e. The molecule has 108 valence electrons. The molecule has 0 spiro atoms. The largest absolute Gasteiger partial charge is 0.343 e. The van der Waals surface area contributed by atoms with Crippen LogP contribution >= 0.6 is 0 Å². The molecule has 0 aromatic carbocycles. The van der Waals surface area contributed by atoms with Gasteiger partial charge in [-0.25, -0.2) is 0 Å². The zero-order chi connectivity index (χ0) is 14.4. The summed E-state index contributed by atoms with van der Waals surface area (Å²) in [5.74, 6) is 0.843. The first kappa shape index (κ1) is 14.5. The Balaban J connectivity index is 2.16. The van der Waals surface area contributed by atoms with Gasteiger partial charge in [0.15, 0.2) is 0 Å². The van der Waals surface area contributed by atoms with Gasteiger partial charge in [-0.2, -0.15) is 0 Å². The Bertz CT molecular complexity index is 398. The SMILES string of the molecule is CCN(CC)C(=O)C[C@@H]1C(=O)[C@]2(C)CC[C@H]1C2(C)C. The van der Waals surface area contributed by atoms with E-state index in [0.29, 0.717) is 18.1 Å². The van der Waals surface area contributed by atoms with Crippen molar-refractivity contribution in [3.63, 3.8) is 0 Å². The molecule has 0 unspecified atom stereocenters. The fraction of sp³-hybridized carbons (Fsp3) is 0.875. The van der Waals surface area contributed by atoms with E-state index in [2.05, 4.69) is 20.8 Å². The number of carbonyl (C=O) groups excluding carboxylic acids is 2. The van der Waals surface area contributed by atoms with Gasteiger partial charge in [-0.15, -0.1) is 0 Å². The van der Waals surface area contributed by atoms with Crippen molar-refractivity contribution in [2.24, 2.45) is 22.7 Å². The van der Waals surface area contributed by atoms with Crippen molar-refractivity contribution in [3.05, 3.63) is 0 Å². The monoisotopic (exact) mass is 265 g/mol. The molecule has 0 aromatic heterocycles. The third kappa shape index (κ3) is 1.85. The molecule has 3 heteroatoms. The Labute approximate surface area is 116 Å². The van der Waals surface area contributed by atoms with Gasteiger partial charge in [0.05, 0.1) is 0 Å². The lowest BCUT2D eigenvalue weighted by Gasteiger charge is -2.32. The highest BCUT2D eigenvalue weighted by Gasteiger charge is 2.66. The van der Waals surface area contributed by atoms with Crippen molar-refractivity contribution in [3.8, 4) is 0 Å². The predicted octanol–water partition coefficient (Wildman–Crippen LogP) is 2.89. The van der Waals surface area contributed by atoms with E-state index in [1.54, 1.807) is 0 Å². The van der Waals surface area contributed by atoms with E-state index < -0.39 is 0 Å². The summed E-state index contributed by atoms with van der Waals surface area (Å²) in [6, 6.07) is 0. The number of rotatable bonds is 4. The summed E-state index contributed by atoms with van der Waals surface area (Å²) >= 11 is 0. The molecule has 0 saturated heterocycles. The molecule has 19 heavy (non-hydrogen) atoms. The molecule has 2 bridgehead atoms. The van der Waals surface area contributed by atoms with Gasteiger partial charge < -0.3 is 4.90 Å². The second-order valence-corrected chi connectivity index (χ2v) is 6.94. The van der Waals surface area contributed by atoms with E-state index in [0.717, 1.165) is 25.9 Å². The minimum Gasteiger partial charge on any atom is -0.343 e. The Morgan fingerprint density at radius 2 is 1.84 bits per heavy atom. The lowest BCUT2D eigenvalue weighted by molar-refractivity contribution is -0.138. The Morgan fingerprint density at radius 3 is 2.26 bits per heavy atom. The first-order valence-electron chi connectivity index (χ1n) is 7.61. The molecule has 2 aliphatic rings. The molecule has 2 saturated carbocycles. The third-order valence-corrected chi connectivity index (χ3v) is 6.18. The van der Waals surface area contributed by atoms with Crippen molar-refractivity contribution in [1.82, 2.24) is 4.90 Å². The minimum absolute atomic E-state index is 0.0400. The Morgan fingerprint density at radius 1 is 1.26 bits per heavy atom. The van der Waals surface area contributed by atoms with E-state index in [9.17, 15) is 9.59 Å². The molecule has 2 rings (SSSR count). The van der Waals surface area contributed by atoms with Crippen LogP contribution in [0.2, 0.25) is 0 Å². The molecular weight excluding hydrogens is 238 g/mol. The average molecular weight is 265 g/mol. The summed E-state index contributed by atoms with van der Waals surface area (Å²) in [6.07, 6.45) is 2.52. The van der Waals surface area contributed by atoms with E-state index in [1.165, 1.54) is 0 Å². The Kier molecular flexibility index (Phi) is 3.53. The van der Waals surface area contributed by atoms with Crippen LogP contribution in [-0.2, 0) is 9.59 Å². The first-order valence-corrected chi connectivity index (χ1v) is 7.61. The number of hydrogen-bond donors (Lipinski definition) is 0. The van der Waals surface area contributed by atoms with Gasteiger partial charge in [0.1, 0.15) is 5.78 Å². The zero-order valence-electron chi connectivity index (χ0n) is 13.0. The second kappa shape index (κ2) is 4.60. The fourth-order valence-corrected chi connectivity index (χ4v) is 4.40. The van der Waals surface area contributed by atoms with Crippen LogP contribution in [0.15, 0.2) is 0 Å². The quantitative estimate of drug-likeness (QED) is 0.784. The molecule has 0 radical (unpaired) electrons. The molecule has 1 amide bonds. The molecule has 0 aromatic rings. The highest BCUT2D eigenvalue weighted by Crippen LogP contribution is 2.66. The molecule has 0 heterocycles. The molecular formula is C16H27NO2. The van der Waals surface area contributed by atoms with Crippen LogP contribution in [0, 0.1) is 22.7 Å². The van der Waals surface area contributed by atoms with Gasteiger partial charge in [-0.3, -0.25) is 9.59 Å². The molecule has 0 N–H and O–H groups in total. The molecule has 0 aliphatic heterocycles. The van der Waals surface area contributed by atoms with Crippen molar-refractivity contribution >= 4 is 11.7 Å². The van der Waals surface area contributed by atoms with Gasteiger partial charge in [-0.1, -0.05) is 20.8 Å². The van der Waals surface area contributed by atoms with Crippen molar-refractivity contribution < 1.29 is 9.59 Å². The average Bonchev–Trinajstić information content (AvgIpc) is 2.65.